The third kappa shape index (κ3) is 10.4. The number of benzene rings is 3. The van der Waals surface area contributed by atoms with Gasteiger partial charge in [0.05, 0.1) is 0 Å². The number of anilines is 1. The van der Waals surface area contributed by atoms with Gasteiger partial charge in [-0.2, -0.15) is 56.3 Å². The van der Waals surface area contributed by atoms with Crippen molar-refractivity contribution in [1.29, 1.82) is 0 Å². The van der Waals surface area contributed by atoms with Gasteiger partial charge in [-0.3, -0.25) is 0 Å². The van der Waals surface area contributed by atoms with E-state index in [4.69, 9.17) is 0 Å². The van der Waals surface area contributed by atoms with Gasteiger partial charge in [0.2, 0.25) is 0 Å². The summed E-state index contributed by atoms with van der Waals surface area (Å²) in [6.07, 6.45) is 1.17. The summed E-state index contributed by atoms with van der Waals surface area (Å²) in [4.78, 5) is 0. The first kappa shape index (κ1) is 27.0. The molecule has 1 aliphatic heterocycles. The molecule has 150 valence electrons. The van der Waals surface area contributed by atoms with Gasteiger partial charge >= 0.3 is 26.2 Å². The smallest absolute Gasteiger partial charge is 0.665 e. The van der Waals surface area contributed by atoms with E-state index in [9.17, 15) is 0 Å². The normalized spacial score (nSPS) is 12.9. The molecule has 29 heavy (non-hydrogen) atoms. The van der Waals surface area contributed by atoms with E-state index in [0.717, 1.165) is 24.2 Å². The molecule has 0 amide bonds. The van der Waals surface area contributed by atoms with Crippen molar-refractivity contribution in [2.24, 2.45) is 0 Å². The van der Waals surface area contributed by atoms with E-state index in [-0.39, 0.29) is 33.6 Å². The van der Waals surface area contributed by atoms with Crippen LogP contribution in [0.5, 0.6) is 0 Å². The average Bonchev–Trinajstić information content (AvgIpc) is 3.12. The van der Waals surface area contributed by atoms with Crippen molar-refractivity contribution in [3.8, 4) is 0 Å². The topological polar surface area (TPSA) is 26.1 Å². The summed E-state index contributed by atoms with van der Waals surface area (Å²) < 4.78 is 0. The van der Waals surface area contributed by atoms with Gasteiger partial charge in [0.15, 0.2) is 0 Å². The Labute approximate surface area is 197 Å². The van der Waals surface area contributed by atoms with E-state index >= 15 is 0 Å². The molecule has 3 aromatic carbocycles. The average molecular weight is 464 g/mol. The molecule has 2 nitrogen and oxygen atoms in total. The fraction of sp³-hybridized carbons (Fsp3) is 0.192. The van der Waals surface area contributed by atoms with Gasteiger partial charge in [-0.1, -0.05) is 36.8 Å². The monoisotopic (exact) mass is 462 g/mol. The Morgan fingerprint density at radius 1 is 0.828 bits per heavy atom. The minimum absolute atomic E-state index is 0. The van der Waals surface area contributed by atoms with Gasteiger partial charge < -0.3 is 18.1 Å². The molecule has 0 radical (unpaired) electrons. The van der Waals surface area contributed by atoms with Gasteiger partial charge in [-0.05, 0) is 11.6 Å². The molecule has 0 bridgehead atoms. The molecular weight excluding hydrogens is 432 g/mol. The van der Waals surface area contributed by atoms with E-state index < -0.39 is 0 Å². The van der Waals surface area contributed by atoms with E-state index in [1.165, 1.54) is 17.7 Å². The Morgan fingerprint density at radius 3 is 1.76 bits per heavy atom. The Kier molecular flexibility index (Phi) is 14.8. The van der Waals surface area contributed by atoms with E-state index in [2.05, 4.69) is 48.7 Å². The molecule has 0 spiro atoms. The Hall–Kier alpha value is -1.96. The van der Waals surface area contributed by atoms with Crippen LogP contribution >= 0.6 is 0 Å². The van der Waals surface area contributed by atoms with Crippen molar-refractivity contribution >= 4 is 5.69 Å². The predicted octanol–water partition coefficient (Wildman–Crippen LogP) is 6.77. The molecule has 1 unspecified atom stereocenters. The summed E-state index contributed by atoms with van der Waals surface area (Å²) in [7, 11) is 1.88. The van der Waals surface area contributed by atoms with Crippen molar-refractivity contribution in [2.45, 2.75) is 12.3 Å². The molecule has 4 rings (SSSR count). The summed E-state index contributed by atoms with van der Waals surface area (Å²) in [5.74, 6) is 0.667. The van der Waals surface area contributed by atoms with Crippen molar-refractivity contribution in [1.82, 2.24) is 0 Å². The minimum Gasteiger partial charge on any atom is -0.665 e. The van der Waals surface area contributed by atoms with E-state index in [1.807, 2.05) is 67.7 Å². The summed E-state index contributed by atoms with van der Waals surface area (Å²) in [5, 5.41) is 7.56. The Balaban J connectivity index is 0.000000423. The summed E-state index contributed by atoms with van der Waals surface area (Å²) in [5.41, 5.74) is 4.92. The molecule has 1 N–H and O–H groups in total. The molecule has 0 saturated heterocycles. The van der Waals surface area contributed by atoms with Crippen LogP contribution in [0, 0.1) is 21.3 Å². The zero-order chi connectivity index (χ0) is 19.3. The number of nitrogens with one attached hydrogen (secondary N) is 1. The Bertz CT molecular complexity index is 722. The standard InChI is InChI=1S/C11H15N2.2C7H7.CH3.Zr/c1-12-7-6-9-8-13-11-5-3-2-4-10(9)11;2*1-7-5-3-2-4-6-7;;/h2-5,9,13H,6-8H2,1H3;2*2-6H,1H2;1H3;/q4*-1;+4. The fourth-order valence-electron chi connectivity index (χ4n) is 2.86. The van der Waals surface area contributed by atoms with Crippen LogP contribution in [0.1, 0.15) is 29.0 Å². The van der Waals surface area contributed by atoms with Crippen LogP contribution in [0.15, 0.2) is 84.9 Å². The number of rotatable bonds is 3. The number of hydrogen-bond acceptors (Lipinski definition) is 1. The molecule has 3 heteroatoms. The van der Waals surface area contributed by atoms with Gasteiger partial charge in [0.1, 0.15) is 0 Å². The summed E-state index contributed by atoms with van der Waals surface area (Å²) in [6.45, 7) is 9.49. The number of para-hydroxylation sites is 1. The Morgan fingerprint density at radius 2 is 1.31 bits per heavy atom. The molecular formula is C26H32N2Zr. The molecule has 0 saturated carbocycles. The molecule has 0 fully saturated rings. The zero-order valence-corrected chi connectivity index (χ0v) is 20.1. The van der Waals surface area contributed by atoms with Gasteiger partial charge in [-0.15, -0.1) is 30.8 Å². The maximum absolute atomic E-state index is 4.14. The second-order valence-corrected chi connectivity index (χ2v) is 6.46. The first-order valence-electron chi connectivity index (χ1n) is 9.33. The molecule has 1 heterocycles. The minimum atomic E-state index is 0. The van der Waals surface area contributed by atoms with Crippen molar-refractivity contribution < 1.29 is 26.2 Å². The second-order valence-electron chi connectivity index (χ2n) is 6.46. The first-order chi connectivity index (χ1) is 13.2. The van der Waals surface area contributed by atoms with Crippen LogP contribution in [0.3, 0.4) is 0 Å². The first-order valence-corrected chi connectivity index (χ1v) is 9.33. The van der Waals surface area contributed by atoms with Gasteiger partial charge in [0, 0.05) is 18.2 Å². The van der Waals surface area contributed by atoms with E-state index in [1.54, 1.807) is 0 Å². The third-order valence-corrected chi connectivity index (χ3v) is 4.33. The third-order valence-electron chi connectivity index (χ3n) is 4.33. The van der Waals surface area contributed by atoms with E-state index in [0.29, 0.717) is 5.92 Å². The van der Waals surface area contributed by atoms with Crippen LogP contribution in [-0.2, 0) is 26.2 Å². The molecule has 1 atom stereocenters. The zero-order valence-electron chi connectivity index (χ0n) is 17.6. The van der Waals surface area contributed by atoms with Crippen LogP contribution in [0.4, 0.5) is 5.69 Å². The second kappa shape index (κ2) is 15.9. The number of fused-ring (bicyclic) bond motifs is 1. The van der Waals surface area contributed by atoms with Crippen LogP contribution in [0.2, 0.25) is 0 Å². The number of nitrogens with zero attached hydrogens (tertiary/aromatic N) is 1. The van der Waals surface area contributed by atoms with Gasteiger partial charge in [-0.25, -0.2) is 0 Å². The number of hydrogen-bond donors (Lipinski definition) is 1. The summed E-state index contributed by atoms with van der Waals surface area (Å²) >= 11 is 0. The molecule has 0 aromatic heterocycles. The maximum atomic E-state index is 4.14. The largest absolute Gasteiger partial charge is 4.00 e. The van der Waals surface area contributed by atoms with Crippen molar-refractivity contribution in [2.75, 3.05) is 25.5 Å². The predicted molar refractivity (Wildman–Crippen MR) is 125 cm³/mol. The summed E-state index contributed by atoms with van der Waals surface area (Å²) in [6, 6.07) is 28.3. The molecule has 0 aliphatic carbocycles. The SMILES string of the molecule is C[N-]CCC1CNc2ccccc21.[CH2-]c1ccccc1.[CH2-]c1ccccc1.[CH3-].[Zr+4]. The van der Waals surface area contributed by atoms with Crippen molar-refractivity contribution in [3.63, 3.8) is 0 Å². The maximum Gasteiger partial charge on any atom is 4.00 e. The van der Waals surface area contributed by atoms with Crippen LogP contribution < -0.4 is 5.32 Å². The molecule has 1 aliphatic rings. The molecule has 3 aromatic rings. The van der Waals surface area contributed by atoms with Gasteiger partial charge in [0.25, 0.3) is 0 Å². The van der Waals surface area contributed by atoms with Crippen LogP contribution in [-0.4, -0.2) is 20.1 Å². The quantitative estimate of drug-likeness (QED) is 0.426. The van der Waals surface area contributed by atoms with Crippen molar-refractivity contribution in [3.05, 3.63) is 128 Å². The van der Waals surface area contributed by atoms with Crippen LogP contribution in [0.25, 0.3) is 5.32 Å². The fourth-order valence-corrected chi connectivity index (χ4v) is 2.86.